The van der Waals surface area contributed by atoms with Crippen molar-refractivity contribution in [2.75, 3.05) is 18.4 Å². The molecule has 0 spiro atoms. The van der Waals surface area contributed by atoms with E-state index in [0.717, 1.165) is 53.6 Å². The number of hydrogen-bond donors (Lipinski definition) is 1. The van der Waals surface area contributed by atoms with Gasteiger partial charge in [0.1, 0.15) is 0 Å². The third-order valence-corrected chi connectivity index (χ3v) is 7.23. The molecule has 1 aliphatic carbocycles. The lowest BCUT2D eigenvalue weighted by molar-refractivity contribution is 0.167. The van der Waals surface area contributed by atoms with Crippen LogP contribution in [0.2, 0.25) is 10.0 Å². The highest BCUT2D eigenvalue weighted by atomic mass is 35.5. The van der Waals surface area contributed by atoms with Crippen LogP contribution in [0.5, 0.6) is 0 Å². The number of benzene rings is 2. The first kappa shape index (κ1) is 20.6. The molecule has 0 radical (unpaired) electrons. The second-order valence-electron chi connectivity index (χ2n) is 8.49. The zero-order chi connectivity index (χ0) is 20.4. The Balaban J connectivity index is 1.36. The van der Waals surface area contributed by atoms with Crippen LogP contribution in [0.3, 0.4) is 0 Å². The fourth-order valence-electron chi connectivity index (χ4n) is 5.05. The number of piperidine rings is 1. The summed E-state index contributed by atoms with van der Waals surface area (Å²) in [6.07, 6.45) is 5.36. The standard InChI is InChI=1S/C24H28Cl2N2O/c1-2-16-12-22(25)21(23(26)13-16)9-8-18-10-17-11-19(18)15-28(14-17)24(29)27-20-6-4-3-5-7-20/h3-7,12-13,17-19H,2,8-11,14-15H2,1H3,(H,27,29). The number of urea groups is 1. The van der Waals surface area contributed by atoms with Crippen LogP contribution in [0.15, 0.2) is 42.5 Å². The average Bonchev–Trinajstić information content (AvgIpc) is 3.00. The number of carbonyl (C=O) groups excluding carboxylic acids is 1. The van der Waals surface area contributed by atoms with Crippen molar-refractivity contribution < 1.29 is 4.79 Å². The summed E-state index contributed by atoms with van der Waals surface area (Å²) in [7, 11) is 0. The number of nitrogens with one attached hydrogen (secondary N) is 1. The Morgan fingerprint density at radius 1 is 1.10 bits per heavy atom. The molecule has 2 aromatic rings. The van der Waals surface area contributed by atoms with Gasteiger partial charge in [-0.1, -0.05) is 48.3 Å². The van der Waals surface area contributed by atoms with E-state index in [1.807, 2.05) is 47.4 Å². The van der Waals surface area contributed by atoms with Crippen LogP contribution < -0.4 is 5.32 Å². The average molecular weight is 431 g/mol. The topological polar surface area (TPSA) is 32.3 Å². The predicted octanol–water partition coefficient (Wildman–Crippen LogP) is 6.68. The summed E-state index contributed by atoms with van der Waals surface area (Å²) in [5, 5.41) is 4.61. The molecule has 3 unspecified atom stereocenters. The molecule has 154 valence electrons. The van der Waals surface area contributed by atoms with Crippen molar-refractivity contribution in [3.05, 3.63) is 63.6 Å². The van der Waals surface area contributed by atoms with Gasteiger partial charge in [-0.2, -0.15) is 0 Å². The van der Waals surface area contributed by atoms with Crippen LogP contribution in [0.25, 0.3) is 0 Å². The van der Waals surface area contributed by atoms with E-state index in [9.17, 15) is 4.79 Å². The van der Waals surface area contributed by atoms with Crippen molar-refractivity contribution in [2.24, 2.45) is 17.8 Å². The molecule has 1 heterocycles. The third kappa shape index (κ3) is 4.73. The highest BCUT2D eigenvalue weighted by molar-refractivity contribution is 6.36. The number of para-hydroxylation sites is 1. The Morgan fingerprint density at radius 3 is 2.52 bits per heavy atom. The molecular weight excluding hydrogens is 403 g/mol. The minimum absolute atomic E-state index is 0.0211. The Bertz CT molecular complexity index is 847. The van der Waals surface area contributed by atoms with Gasteiger partial charge in [-0.3, -0.25) is 0 Å². The van der Waals surface area contributed by atoms with Gasteiger partial charge in [0.25, 0.3) is 0 Å². The SMILES string of the molecule is CCc1cc(Cl)c(CCC2CC3CC2CN(C(=O)Nc2ccccc2)C3)c(Cl)c1. The maximum Gasteiger partial charge on any atom is 0.321 e. The molecule has 2 aromatic carbocycles. The zero-order valence-corrected chi connectivity index (χ0v) is 18.3. The molecule has 5 heteroatoms. The van der Waals surface area contributed by atoms with Crippen LogP contribution in [-0.2, 0) is 12.8 Å². The summed E-state index contributed by atoms with van der Waals surface area (Å²) in [6, 6.07) is 13.8. The molecule has 1 saturated carbocycles. The molecule has 2 bridgehead atoms. The number of amides is 2. The number of aryl methyl sites for hydroxylation is 1. The van der Waals surface area contributed by atoms with Gasteiger partial charge in [0.05, 0.1) is 0 Å². The lowest BCUT2D eigenvalue weighted by Gasteiger charge is -2.32. The minimum Gasteiger partial charge on any atom is -0.324 e. The fourth-order valence-corrected chi connectivity index (χ4v) is 5.77. The number of likely N-dealkylation sites (tertiary alicyclic amines) is 1. The van der Waals surface area contributed by atoms with Crippen molar-refractivity contribution in [1.29, 1.82) is 0 Å². The van der Waals surface area contributed by atoms with Crippen molar-refractivity contribution in [2.45, 2.75) is 39.0 Å². The quantitative estimate of drug-likeness (QED) is 0.563. The first-order valence-electron chi connectivity index (χ1n) is 10.6. The van der Waals surface area contributed by atoms with E-state index in [1.54, 1.807) is 0 Å². The summed E-state index contributed by atoms with van der Waals surface area (Å²) >= 11 is 13.0. The van der Waals surface area contributed by atoms with Gasteiger partial charge in [0, 0.05) is 28.8 Å². The predicted molar refractivity (Wildman–Crippen MR) is 121 cm³/mol. The Labute approximate surface area is 183 Å². The molecule has 2 aliphatic rings. The van der Waals surface area contributed by atoms with Gasteiger partial charge < -0.3 is 10.2 Å². The van der Waals surface area contributed by atoms with Crippen LogP contribution in [-0.4, -0.2) is 24.0 Å². The van der Waals surface area contributed by atoms with Crippen molar-refractivity contribution in [1.82, 2.24) is 4.90 Å². The van der Waals surface area contributed by atoms with Gasteiger partial charge in [0.15, 0.2) is 0 Å². The third-order valence-electron chi connectivity index (χ3n) is 6.56. The number of anilines is 1. The Kier molecular flexibility index (Phi) is 6.36. The second-order valence-corrected chi connectivity index (χ2v) is 9.30. The fraction of sp³-hybridized carbons (Fsp3) is 0.458. The lowest BCUT2D eigenvalue weighted by atomic mass is 9.89. The van der Waals surface area contributed by atoms with Gasteiger partial charge >= 0.3 is 6.03 Å². The summed E-state index contributed by atoms with van der Waals surface area (Å²) in [5.74, 6) is 1.81. The van der Waals surface area contributed by atoms with E-state index in [2.05, 4.69) is 12.2 Å². The molecule has 3 atom stereocenters. The number of nitrogens with zero attached hydrogens (tertiary/aromatic N) is 1. The Morgan fingerprint density at radius 2 is 1.83 bits per heavy atom. The van der Waals surface area contributed by atoms with Crippen LogP contribution in [0.1, 0.15) is 37.3 Å². The van der Waals surface area contributed by atoms with E-state index in [-0.39, 0.29) is 6.03 Å². The largest absolute Gasteiger partial charge is 0.324 e. The van der Waals surface area contributed by atoms with Crippen LogP contribution in [0.4, 0.5) is 10.5 Å². The Hall–Kier alpha value is -1.71. The molecule has 3 nitrogen and oxygen atoms in total. The van der Waals surface area contributed by atoms with E-state index in [4.69, 9.17) is 23.2 Å². The zero-order valence-electron chi connectivity index (χ0n) is 16.8. The van der Waals surface area contributed by atoms with Gasteiger partial charge in [-0.25, -0.2) is 4.79 Å². The van der Waals surface area contributed by atoms with E-state index < -0.39 is 0 Å². The molecule has 4 rings (SSSR count). The molecule has 1 N–H and O–H groups in total. The number of fused-ring (bicyclic) bond motifs is 2. The second kappa shape index (κ2) is 8.97. The number of halogens is 2. The molecule has 2 fully saturated rings. The molecular formula is C24H28Cl2N2O. The lowest BCUT2D eigenvalue weighted by Crippen LogP contribution is -2.43. The first-order valence-corrected chi connectivity index (χ1v) is 11.4. The summed E-state index contributed by atoms with van der Waals surface area (Å²) in [5.41, 5.74) is 3.11. The number of carbonyl (C=O) groups is 1. The smallest absolute Gasteiger partial charge is 0.321 e. The van der Waals surface area contributed by atoms with Crippen molar-refractivity contribution in [3.8, 4) is 0 Å². The van der Waals surface area contributed by atoms with Gasteiger partial charge in [-0.05, 0) is 85.3 Å². The van der Waals surface area contributed by atoms with Crippen LogP contribution >= 0.6 is 23.2 Å². The summed E-state index contributed by atoms with van der Waals surface area (Å²) < 4.78 is 0. The van der Waals surface area contributed by atoms with E-state index >= 15 is 0 Å². The maximum atomic E-state index is 12.7. The van der Waals surface area contributed by atoms with Crippen molar-refractivity contribution in [3.63, 3.8) is 0 Å². The number of rotatable bonds is 5. The number of hydrogen-bond acceptors (Lipinski definition) is 1. The molecule has 1 aliphatic heterocycles. The molecule has 29 heavy (non-hydrogen) atoms. The highest BCUT2D eigenvalue weighted by Crippen LogP contribution is 2.44. The first-order chi connectivity index (χ1) is 14.0. The minimum atomic E-state index is 0.0211. The maximum absolute atomic E-state index is 12.7. The van der Waals surface area contributed by atoms with Gasteiger partial charge in [-0.15, -0.1) is 0 Å². The molecule has 2 amide bonds. The molecule has 1 saturated heterocycles. The summed E-state index contributed by atoms with van der Waals surface area (Å²) in [4.78, 5) is 14.7. The van der Waals surface area contributed by atoms with Crippen LogP contribution in [0, 0.1) is 17.8 Å². The summed E-state index contributed by atoms with van der Waals surface area (Å²) in [6.45, 7) is 3.81. The van der Waals surface area contributed by atoms with Gasteiger partial charge in [0.2, 0.25) is 0 Å². The monoisotopic (exact) mass is 430 g/mol. The normalized spacial score (nSPS) is 23.3. The van der Waals surface area contributed by atoms with E-state index in [1.165, 1.54) is 18.4 Å². The highest BCUT2D eigenvalue weighted by Gasteiger charge is 2.41. The molecule has 0 aromatic heterocycles. The van der Waals surface area contributed by atoms with Crippen molar-refractivity contribution >= 4 is 34.9 Å². The van der Waals surface area contributed by atoms with E-state index in [0.29, 0.717) is 17.8 Å².